The Bertz CT molecular complexity index is 235. The lowest BCUT2D eigenvalue weighted by atomic mass is 9.89. The molecule has 2 aliphatic rings. The van der Waals surface area contributed by atoms with Crippen LogP contribution in [0.15, 0.2) is 0 Å². The fraction of sp³-hybridized carbons (Fsp3) is 1.00. The molecule has 0 aromatic rings. The number of aliphatic hydroxyl groups is 1. The zero-order chi connectivity index (χ0) is 12.8. The molecule has 2 fully saturated rings. The van der Waals surface area contributed by atoms with Crippen LogP contribution in [0.2, 0.25) is 0 Å². The van der Waals surface area contributed by atoms with E-state index < -0.39 is 0 Å². The Morgan fingerprint density at radius 1 is 0.722 bits per heavy atom. The number of hydrogen-bond donors (Lipinski definition) is 3. The molecule has 0 saturated heterocycles. The van der Waals surface area contributed by atoms with Gasteiger partial charge in [-0.1, -0.05) is 44.9 Å². The molecule has 0 amide bonds. The summed E-state index contributed by atoms with van der Waals surface area (Å²) in [6, 6.07) is 0.995. The molecule has 0 heterocycles. The summed E-state index contributed by atoms with van der Waals surface area (Å²) in [4.78, 5) is 0. The second kappa shape index (κ2) is 7.46. The van der Waals surface area contributed by atoms with Gasteiger partial charge in [0.25, 0.3) is 0 Å². The number of nitrogens with two attached hydrogens (primary N) is 1. The molecule has 3 heteroatoms. The lowest BCUT2D eigenvalue weighted by molar-refractivity contribution is 0.0995. The topological polar surface area (TPSA) is 58.3 Å². The zero-order valence-electron chi connectivity index (χ0n) is 11.6. The van der Waals surface area contributed by atoms with Crippen LogP contribution in [0.5, 0.6) is 0 Å². The van der Waals surface area contributed by atoms with Crippen LogP contribution < -0.4 is 11.1 Å². The van der Waals surface area contributed by atoms with E-state index in [9.17, 15) is 5.11 Å². The minimum Gasteiger partial charge on any atom is -0.392 e. The van der Waals surface area contributed by atoms with Crippen molar-refractivity contribution in [1.82, 2.24) is 5.32 Å². The Balaban J connectivity index is 1.86. The molecule has 18 heavy (non-hydrogen) atoms. The van der Waals surface area contributed by atoms with Gasteiger partial charge in [0, 0.05) is 18.1 Å². The summed E-state index contributed by atoms with van der Waals surface area (Å²) in [6.45, 7) is 0. The first-order valence-corrected chi connectivity index (χ1v) is 7.97. The van der Waals surface area contributed by atoms with Crippen molar-refractivity contribution in [3.8, 4) is 0 Å². The van der Waals surface area contributed by atoms with Crippen LogP contribution in [0, 0.1) is 0 Å². The molecule has 0 radical (unpaired) electrons. The Hall–Kier alpha value is -0.120. The van der Waals surface area contributed by atoms with Crippen LogP contribution in [0.1, 0.15) is 70.6 Å². The van der Waals surface area contributed by atoms with Gasteiger partial charge in [-0.05, 0) is 25.7 Å². The maximum Gasteiger partial charge on any atom is 0.0693 e. The molecular weight excluding hydrogens is 224 g/mol. The van der Waals surface area contributed by atoms with Gasteiger partial charge >= 0.3 is 0 Å². The molecule has 2 unspecified atom stereocenters. The maximum atomic E-state index is 10.3. The monoisotopic (exact) mass is 254 g/mol. The molecular formula is C15H30N2O. The van der Waals surface area contributed by atoms with E-state index in [0.717, 1.165) is 19.3 Å². The minimum absolute atomic E-state index is 0.169. The Morgan fingerprint density at radius 3 is 2.06 bits per heavy atom. The summed E-state index contributed by atoms with van der Waals surface area (Å²) in [5, 5.41) is 14.0. The lowest BCUT2D eigenvalue weighted by Gasteiger charge is -2.35. The van der Waals surface area contributed by atoms with Gasteiger partial charge in [0.1, 0.15) is 0 Å². The highest BCUT2D eigenvalue weighted by molar-refractivity contribution is 4.88. The largest absolute Gasteiger partial charge is 0.392 e. The Kier molecular flexibility index (Phi) is 5.93. The quantitative estimate of drug-likeness (QED) is 0.709. The zero-order valence-corrected chi connectivity index (χ0v) is 11.6. The van der Waals surface area contributed by atoms with Gasteiger partial charge in [0.15, 0.2) is 0 Å². The summed E-state index contributed by atoms with van der Waals surface area (Å²) < 4.78 is 0. The van der Waals surface area contributed by atoms with Crippen LogP contribution in [0.3, 0.4) is 0 Å². The van der Waals surface area contributed by atoms with Crippen molar-refractivity contribution < 1.29 is 5.11 Å². The molecule has 4 atom stereocenters. The third-order valence-electron chi connectivity index (χ3n) is 4.73. The normalized spacial score (nSPS) is 39.7. The molecule has 0 spiro atoms. The van der Waals surface area contributed by atoms with Crippen molar-refractivity contribution in [2.75, 3.05) is 0 Å². The first-order chi connectivity index (χ1) is 8.77. The Morgan fingerprint density at radius 2 is 1.28 bits per heavy atom. The van der Waals surface area contributed by atoms with Crippen LogP contribution in [0.4, 0.5) is 0 Å². The van der Waals surface area contributed by atoms with E-state index in [4.69, 9.17) is 5.73 Å². The van der Waals surface area contributed by atoms with Crippen molar-refractivity contribution >= 4 is 0 Å². The maximum absolute atomic E-state index is 10.3. The van der Waals surface area contributed by atoms with Gasteiger partial charge in [-0.2, -0.15) is 0 Å². The molecule has 0 aromatic heterocycles. The summed E-state index contributed by atoms with van der Waals surface area (Å²) in [7, 11) is 0. The summed E-state index contributed by atoms with van der Waals surface area (Å²) >= 11 is 0. The van der Waals surface area contributed by atoms with Gasteiger partial charge in [-0.3, -0.25) is 0 Å². The first-order valence-electron chi connectivity index (χ1n) is 7.97. The summed E-state index contributed by atoms with van der Waals surface area (Å²) in [5.41, 5.74) is 6.20. The number of aliphatic hydroxyl groups excluding tert-OH is 1. The molecule has 2 aliphatic carbocycles. The van der Waals surface area contributed by atoms with Crippen LogP contribution in [0.25, 0.3) is 0 Å². The third-order valence-corrected chi connectivity index (χ3v) is 4.73. The van der Waals surface area contributed by atoms with E-state index in [1.807, 2.05) is 0 Å². The van der Waals surface area contributed by atoms with Gasteiger partial charge < -0.3 is 16.2 Å². The number of nitrogens with one attached hydrogen (secondary N) is 1. The Labute approximate surface area is 112 Å². The van der Waals surface area contributed by atoms with E-state index in [0.29, 0.717) is 12.1 Å². The molecule has 2 rings (SSSR count). The van der Waals surface area contributed by atoms with Crippen molar-refractivity contribution in [1.29, 1.82) is 0 Å². The van der Waals surface area contributed by atoms with E-state index in [2.05, 4.69) is 5.32 Å². The van der Waals surface area contributed by atoms with E-state index >= 15 is 0 Å². The highest BCUT2D eigenvalue weighted by atomic mass is 16.3. The molecule has 0 bridgehead atoms. The third kappa shape index (κ3) is 4.22. The summed E-state index contributed by atoms with van der Waals surface area (Å²) in [6.07, 6.45) is 13.1. The van der Waals surface area contributed by atoms with E-state index in [-0.39, 0.29) is 12.1 Å². The smallest absolute Gasteiger partial charge is 0.0693 e. The molecule has 0 aliphatic heterocycles. The fourth-order valence-electron chi connectivity index (χ4n) is 3.48. The predicted molar refractivity (Wildman–Crippen MR) is 75.5 cm³/mol. The second-order valence-corrected chi connectivity index (χ2v) is 6.24. The predicted octanol–water partition coefficient (Wildman–Crippen LogP) is 2.32. The number of hydrogen-bond acceptors (Lipinski definition) is 3. The van der Waals surface area contributed by atoms with Crippen molar-refractivity contribution in [3.63, 3.8) is 0 Å². The summed E-state index contributed by atoms with van der Waals surface area (Å²) in [5.74, 6) is 0. The standard InChI is InChI=1S/C15H30N2O/c16-12-8-6-7-9-13(12)17-14-10-4-2-1-3-5-11-15(14)18/h12-15,17-18H,1-11,16H2/t12-,13-,14?,15?/m1/s1. The average Bonchev–Trinajstić information content (AvgIpc) is 2.46. The molecule has 4 N–H and O–H groups in total. The minimum atomic E-state index is -0.169. The number of rotatable bonds is 2. The van der Waals surface area contributed by atoms with Gasteiger partial charge in [-0.25, -0.2) is 0 Å². The molecule has 3 nitrogen and oxygen atoms in total. The van der Waals surface area contributed by atoms with E-state index in [1.54, 1.807) is 0 Å². The van der Waals surface area contributed by atoms with E-state index in [1.165, 1.54) is 51.4 Å². The average molecular weight is 254 g/mol. The van der Waals surface area contributed by atoms with Gasteiger partial charge in [-0.15, -0.1) is 0 Å². The highest BCUT2D eigenvalue weighted by Crippen LogP contribution is 2.22. The van der Waals surface area contributed by atoms with Crippen LogP contribution >= 0.6 is 0 Å². The SMILES string of the molecule is N[C@@H]1CCCC[C@H]1NC1CCCCCCCC1O. The van der Waals surface area contributed by atoms with Crippen molar-refractivity contribution in [2.24, 2.45) is 5.73 Å². The van der Waals surface area contributed by atoms with Crippen LogP contribution in [-0.2, 0) is 0 Å². The molecule has 0 aromatic carbocycles. The lowest BCUT2D eigenvalue weighted by Crippen LogP contribution is -2.53. The molecule has 106 valence electrons. The highest BCUT2D eigenvalue weighted by Gasteiger charge is 2.27. The van der Waals surface area contributed by atoms with Crippen molar-refractivity contribution in [3.05, 3.63) is 0 Å². The van der Waals surface area contributed by atoms with Crippen LogP contribution in [-0.4, -0.2) is 29.3 Å². The van der Waals surface area contributed by atoms with Gasteiger partial charge in [0.05, 0.1) is 6.10 Å². The van der Waals surface area contributed by atoms with Crippen molar-refractivity contribution in [2.45, 2.75) is 94.9 Å². The first kappa shape index (κ1) is 14.3. The fourth-order valence-corrected chi connectivity index (χ4v) is 3.48. The van der Waals surface area contributed by atoms with Gasteiger partial charge in [0.2, 0.25) is 0 Å². The molecule has 2 saturated carbocycles. The second-order valence-electron chi connectivity index (χ2n) is 6.24.